The van der Waals surface area contributed by atoms with E-state index in [1.54, 1.807) is 19.1 Å². The first kappa shape index (κ1) is 21.1. The van der Waals surface area contributed by atoms with E-state index in [-0.39, 0.29) is 34.1 Å². The zero-order valence-electron chi connectivity index (χ0n) is 16.9. The molecule has 0 radical (unpaired) electrons. The number of halogens is 1. The Labute approximate surface area is 171 Å². The fourth-order valence-corrected chi connectivity index (χ4v) is 3.03. The van der Waals surface area contributed by atoms with Gasteiger partial charge in [-0.3, -0.25) is 14.4 Å². The SMILES string of the molecule is Cc1ccc([C@H](Nc2c(Nc3cccc(C(=O)N(C)C)c3O)c(=O)c2=O)C(C)F)o1. The molecule has 8 nitrogen and oxygen atoms in total. The van der Waals surface area contributed by atoms with Gasteiger partial charge in [0.15, 0.2) is 5.75 Å². The van der Waals surface area contributed by atoms with Gasteiger partial charge in [-0.2, -0.15) is 0 Å². The second-order valence-electron chi connectivity index (χ2n) is 7.18. The van der Waals surface area contributed by atoms with Gasteiger partial charge in [-0.05, 0) is 38.1 Å². The van der Waals surface area contributed by atoms with Crippen LogP contribution in [0.3, 0.4) is 0 Å². The van der Waals surface area contributed by atoms with E-state index in [1.165, 1.54) is 44.1 Å². The van der Waals surface area contributed by atoms with Crippen LogP contribution in [-0.2, 0) is 0 Å². The van der Waals surface area contributed by atoms with E-state index in [1.807, 2.05) is 0 Å². The number of phenolic OH excluding ortho intramolecular Hbond substituents is 1. The minimum absolute atomic E-state index is 0.0273. The molecule has 3 aromatic rings. The van der Waals surface area contributed by atoms with Crippen LogP contribution in [0.25, 0.3) is 0 Å². The summed E-state index contributed by atoms with van der Waals surface area (Å²) >= 11 is 0. The lowest BCUT2D eigenvalue weighted by Crippen LogP contribution is -2.38. The molecule has 3 rings (SSSR count). The lowest BCUT2D eigenvalue weighted by molar-refractivity contribution is 0.0824. The number of aryl methyl sites for hydroxylation is 1. The second-order valence-corrected chi connectivity index (χ2v) is 7.18. The van der Waals surface area contributed by atoms with Crippen molar-refractivity contribution in [2.45, 2.75) is 26.1 Å². The first-order valence-corrected chi connectivity index (χ1v) is 9.22. The minimum atomic E-state index is -1.43. The molecule has 1 aromatic heterocycles. The number of amides is 1. The zero-order valence-corrected chi connectivity index (χ0v) is 16.9. The molecule has 0 aliphatic carbocycles. The molecule has 3 N–H and O–H groups in total. The summed E-state index contributed by atoms with van der Waals surface area (Å²) in [7, 11) is 3.07. The third-order valence-electron chi connectivity index (χ3n) is 4.67. The molecule has 0 fully saturated rings. The Bertz CT molecular complexity index is 1160. The number of hydrogen-bond donors (Lipinski definition) is 3. The summed E-state index contributed by atoms with van der Waals surface area (Å²) in [5.41, 5.74) is -1.78. The summed E-state index contributed by atoms with van der Waals surface area (Å²) in [6, 6.07) is 6.67. The predicted octanol–water partition coefficient (Wildman–Crippen LogP) is 2.85. The molecule has 0 saturated heterocycles. The molecule has 2 aromatic carbocycles. The van der Waals surface area contributed by atoms with Crippen molar-refractivity contribution in [1.82, 2.24) is 4.90 Å². The summed E-state index contributed by atoms with van der Waals surface area (Å²) in [6.45, 7) is 3.01. The molecule has 1 heterocycles. The number of para-hydroxylation sites is 1. The molecule has 1 unspecified atom stereocenters. The molecule has 0 bridgehead atoms. The van der Waals surface area contributed by atoms with Gasteiger partial charge in [0.2, 0.25) is 0 Å². The number of phenols is 1. The largest absolute Gasteiger partial charge is 0.505 e. The summed E-state index contributed by atoms with van der Waals surface area (Å²) in [4.78, 5) is 37.7. The quantitative estimate of drug-likeness (QED) is 0.402. The van der Waals surface area contributed by atoms with Crippen LogP contribution in [0.1, 0.15) is 34.8 Å². The van der Waals surface area contributed by atoms with E-state index in [0.29, 0.717) is 5.76 Å². The van der Waals surface area contributed by atoms with Gasteiger partial charge in [-0.25, -0.2) is 4.39 Å². The zero-order chi connectivity index (χ0) is 22.2. The molecule has 158 valence electrons. The van der Waals surface area contributed by atoms with Crippen molar-refractivity contribution in [3.8, 4) is 5.75 Å². The van der Waals surface area contributed by atoms with Crippen LogP contribution in [0.15, 0.2) is 44.3 Å². The number of nitrogens with one attached hydrogen (secondary N) is 2. The standard InChI is InChI=1S/C21H22FN3O5/c1-10-8-9-14(30-10)15(11(2)22)24-17-16(19(27)20(17)28)23-13-7-5-6-12(18(13)26)21(29)25(3)4/h5-9,11,15,23-24,26H,1-4H3/t11?,15-/m1/s1. The van der Waals surface area contributed by atoms with Gasteiger partial charge in [-0.1, -0.05) is 6.07 Å². The Kier molecular flexibility index (Phi) is 5.64. The minimum Gasteiger partial charge on any atom is -0.505 e. The fourth-order valence-electron chi connectivity index (χ4n) is 3.03. The summed E-state index contributed by atoms with van der Waals surface area (Å²) in [5, 5.41) is 15.9. The van der Waals surface area contributed by atoms with Gasteiger partial charge in [0.1, 0.15) is 35.1 Å². The maximum absolute atomic E-state index is 14.2. The normalized spacial score (nSPS) is 13.1. The molecule has 0 spiro atoms. The highest BCUT2D eigenvalue weighted by Crippen LogP contribution is 2.33. The van der Waals surface area contributed by atoms with Crippen molar-refractivity contribution in [3.63, 3.8) is 0 Å². The maximum atomic E-state index is 14.2. The molecule has 0 aliphatic heterocycles. The Morgan fingerprint density at radius 3 is 2.37 bits per heavy atom. The highest BCUT2D eigenvalue weighted by Gasteiger charge is 2.29. The molecule has 0 aliphatic rings. The number of alkyl halides is 1. The summed E-state index contributed by atoms with van der Waals surface area (Å²) < 4.78 is 19.6. The van der Waals surface area contributed by atoms with E-state index < -0.39 is 29.0 Å². The first-order chi connectivity index (χ1) is 14.1. The maximum Gasteiger partial charge on any atom is 0.257 e. The first-order valence-electron chi connectivity index (χ1n) is 9.22. The average Bonchev–Trinajstić information content (AvgIpc) is 3.13. The van der Waals surface area contributed by atoms with E-state index in [4.69, 9.17) is 4.42 Å². The van der Waals surface area contributed by atoms with Crippen LogP contribution in [0.4, 0.5) is 21.5 Å². The monoisotopic (exact) mass is 415 g/mol. The summed E-state index contributed by atoms with van der Waals surface area (Å²) in [5.74, 6) is 0.0577. The molecular weight excluding hydrogens is 393 g/mol. The predicted molar refractivity (Wildman–Crippen MR) is 111 cm³/mol. The lowest BCUT2D eigenvalue weighted by Gasteiger charge is -2.22. The fraction of sp³-hybridized carbons (Fsp3) is 0.286. The average molecular weight is 415 g/mol. The molecule has 0 saturated carbocycles. The Balaban J connectivity index is 1.93. The van der Waals surface area contributed by atoms with Crippen LogP contribution in [0, 0.1) is 6.92 Å². The number of hydrogen-bond acceptors (Lipinski definition) is 7. The Morgan fingerprint density at radius 2 is 1.80 bits per heavy atom. The number of nitrogens with zero attached hydrogens (tertiary/aromatic N) is 1. The number of rotatable bonds is 7. The van der Waals surface area contributed by atoms with Crippen LogP contribution >= 0.6 is 0 Å². The lowest BCUT2D eigenvalue weighted by atomic mass is 10.1. The number of furan rings is 1. The Morgan fingerprint density at radius 1 is 1.13 bits per heavy atom. The van der Waals surface area contributed by atoms with Crippen LogP contribution in [-0.4, -0.2) is 36.2 Å². The van der Waals surface area contributed by atoms with Gasteiger partial charge >= 0.3 is 0 Å². The topological polar surface area (TPSA) is 112 Å². The van der Waals surface area contributed by atoms with Crippen molar-refractivity contribution < 1.29 is 18.7 Å². The number of anilines is 3. The molecular formula is C21H22FN3O5. The molecule has 1 amide bonds. The van der Waals surface area contributed by atoms with Crippen molar-refractivity contribution in [3.05, 3.63) is 67.9 Å². The van der Waals surface area contributed by atoms with E-state index >= 15 is 0 Å². The van der Waals surface area contributed by atoms with Gasteiger partial charge in [0.05, 0.1) is 11.3 Å². The van der Waals surface area contributed by atoms with Crippen LogP contribution in [0.5, 0.6) is 5.75 Å². The highest BCUT2D eigenvalue weighted by molar-refractivity contribution is 5.99. The smallest absolute Gasteiger partial charge is 0.257 e. The van der Waals surface area contributed by atoms with Gasteiger partial charge in [0, 0.05) is 14.1 Å². The van der Waals surface area contributed by atoms with Crippen molar-refractivity contribution in [2.24, 2.45) is 0 Å². The number of carbonyl (C=O) groups excluding carboxylic acids is 1. The van der Waals surface area contributed by atoms with Crippen LogP contribution in [0.2, 0.25) is 0 Å². The van der Waals surface area contributed by atoms with Crippen LogP contribution < -0.4 is 21.5 Å². The van der Waals surface area contributed by atoms with Gasteiger partial charge < -0.3 is 25.1 Å². The van der Waals surface area contributed by atoms with Crippen molar-refractivity contribution >= 4 is 23.0 Å². The molecule has 30 heavy (non-hydrogen) atoms. The van der Waals surface area contributed by atoms with E-state index in [9.17, 15) is 23.9 Å². The van der Waals surface area contributed by atoms with Gasteiger partial charge in [-0.15, -0.1) is 0 Å². The second kappa shape index (κ2) is 8.02. The molecule has 9 heteroatoms. The van der Waals surface area contributed by atoms with Crippen molar-refractivity contribution in [1.29, 1.82) is 0 Å². The van der Waals surface area contributed by atoms with Crippen molar-refractivity contribution in [2.75, 3.05) is 24.7 Å². The third kappa shape index (κ3) is 3.78. The van der Waals surface area contributed by atoms with Gasteiger partial charge in [0.25, 0.3) is 16.8 Å². The number of benzene rings is 1. The Hall–Kier alpha value is -3.62. The number of aromatic hydroxyl groups is 1. The highest BCUT2D eigenvalue weighted by atomic mass is 19.1. The van der Waals surface area contributed by atoms with E-state index in [2.05, 4.69) is 10.6 Å². The third-order valence-corrected chi connectivity index (χ3v) is 4.67. The summed E-state index contributed by atoms with van der Waals surface area (Å²) in [6.07, 6.45) is -1.43. The molecule has 2 atom stereocenters. The number of carbonyl (C=O) groups is 1. The van der Waals surface area contributed by atoms with E-state index in [0.717, 1.165) is 0 Å².